The highest BCUT2D eigenvalue weighted by atomic mass is 35.5. The van der Waals surface area contributed by atoms with E-state index in [4.69, 9.17) is 23.8 Å². The van der Waals surface area contributed by atoms with Crippen LogP contribution in [0.3, 0.4) is 0 Å². The predicted octanol–water partition coefficient (Wildman–Crippen LogP) is 4.01. The third-order valence-electron chi connectivity index (χ3n) is 3.27. The summed E-state index contributed by atoms with van der Waals surface area (Å²) in [5, 5.41) is 4.73. The van der Waals surface area contributed by atoms with Crippen molar-refractivity contribution in [1.82, 2.24) is 4.90 Å². The molecule has 1 fully saturated rings. The Kier molecular flexibility index (Phi) is 4.46. The van der Waals surface area contributed by atoms with E-state index in [1.54, 1.807) is 0 Å². The second-order valence-electron chi connectivity index (χ2n) is 5.26. The number of likely N-dealkylation sites (tertiary alicyclic amines) is 1. The summed E-state index contributed by atoms with van der Waals surface area (Å²) >= 11 is 11.6. The number of para-hydroxylation sites is 1. The summed E-state index contributed by atoms with van der Waals surface area (Å²) in [6.45, 7) is 6.61. The number of piperidine rings is 1. The van der Waals surface area contributed by atoms with Gasteiger partial charge in [-0.15, -0.1) is 0 Å². The van der Waals surface area contributed by atoms with Crippen LogP contribution in [0.2, 0.25) is 5.02 Å². The van der Waals surface area contributed by atoms with Crippen LogP contribution in [0.4, 0.5) is 5.69 Å². The molecule has 1 N–H and O–H groups in total. The second kappa shape index (κ2) is 5.89. The highest BCUT2D eigenvalue weighted by Gasteiger charge is 2.23. The molecule has 2 rings (SSSR count). The minimum absolute atomic E-state index is 0.694. The van der Waals surface area contributed by atoms with Crippen LogP contribution in [-0.4, -0.2) is 23.1 Å². The SMILES string of the molecule is C[C@H]1C[C@H](C)CN(C(=S)Nc2ccccc2Cl)C1. The van der Waals surface area contributed by atoms with Crippen LogP contribution < -0.4 is 5.32 Å². The van der Waals surface area contributed by atoms with Gasteiger partial charge < -0.3 is 10.2 Å². The maximum Gasteiger partial charge on any atom is 0.173 e. The van der Waals surface area contributed by atoms with Gasteiger partial charge in [0.15, 0.2) is 5.11 Å². The molecule has 0 unspecified atom stereocenters. The number of thiocarbonyl (C=S) groups is 1. The van der Waals surface area contributed by atoms with Gasteiger partial charge in [-0.25, -0.2) is 0 Å². The molecule has 4 heteroatoms. The van der Waals surface area contributed by atoms with Crippen LogP contribution in [0.25, 0.3) is 0 Å². The van der Waals surface area contributed by atoms with Crippen molar-refractivity contribution >= 4 is 34.6 Å². The van der Waals surface area contributed by atoms with E-state index in [1.165, 1.54) is 6.42 Å². The quantitative estimate of drug-likeness (QED) is 0.784. The van der Waals surface area contributed by atoms with Crippen molar-refractivity contribution in [3.8, 4) is 0 Å². The average Bonchev–Trinajstić information content (AvgIpc) is 2.31. The number of nitrogens with one attached hydrogen (secondary N) is 1. The normalized spacial score (nSPS) is 23.8. The van der Waals surface area contributed by atoms with E-state index in [2.05, 4.69) is 24.1 Å². The molecule has 0 bridgehead atoms. The molecule has 1 aliphatic heterocycles. The Morgan fingerprint density at radius 1 is 1.28 bits per heavy atom. The fourth-order valence-corrected chi connectivity index (χ4v) is 3.03. The van der Waals surface area contributed by atoms with E-state index in [9.17, 15) is 0 Å². The Morgan fingerprint density at radius 3 is 2.50 bits per heavy atom. The van der Waals surface area contributed by atoms with Crippen LogP contribution in [-0.2, 0) is 0 Å². The molecule has 0 radical (unpaired) electrons. The number of halogens is 1. The lowest BCUT2D eigenvalue weighted by molar-refractivity contribution is 0.216. The molecule has 1 aliphatic rings. The third-order valence-corrected chi connectivity index (χ3v) is 3.96. The summed E-state index contributed by atoms with van der Waals surface area (Å²) in [6.07, 6.45) is 1.28. The van der Waals surface area contributed by atoms with E-state index < -0.39 is 0 Å². The third kappa shape index (κ3) is 3.36. The van der Waals surface area contributed by atoms with Gasteiger partial charge in [0, 0.05) is 13.1 Å². The fraction of sp³-hybridized carbons (Fsp3) is 0.500. The van der Waals surface area contributed by atoms with Gasteiger partial charge in [-0.2, -0.15) is 0 Å². The average molecular weight is 283 g/mol. The van der Waals surface area contributed by atoms with Gasteiger partial charge in [0.1, 0.15) is 0 Å². The van der Waals surface area contributed by atoms with Gasteiger partial charge in [0.25, 0.3) is 0 Å². The van der Waals surface area contributed by atoms with Gasteiger partial charge >= 0.3 is 0 Å². The molecule has 0 spiro atoms. The summed E-state index contributed by atoms with van der Waals surface area (Å²) in [6, 6.07) is 7.69. The molecule has 0 aromatic heterocycles. The highest BCUT2D eigenvalue weighted by Crippen LogP contribution is 2.24. The van der Waals surface area contributed by atoms with Crippen molar-refractivity contribution in [3.05, 3.63) is 29.3 Å². The van der Waals surface area contributed by atoms with Gasteiger partial charge in [0.05, 0.1) is 10.7 Å². The van der Waals surface area contributed by atoms with E-state index in [0.717, 1.165) is 23.9 Å². The molecule has 2 nitrogen and oxygen atoms in total. The lowest BCUT2D eigenvalue weighted by Gasteiger charge is -2.36. The van der Waals surface area contributed by atoms with Crippen LogP contribution >= 0.6 is 23.8 Å². The van der Waals surface area contributed by atoms with Crippen molar-refractivity contribution in [2.24, 2.45) is 11.8 Å². The fourth-order valence-electron chi connectivity index (χ4n) is 2.59. The van der Waals surface area contributed by atoms with E-state index in [-0.39, 0.29) is 0 Å². The molecular formula is C14H19ClN2S. The van der Waals surface area contributed by atoms with Crippen molar-refractivity contribution in [2.45, 2.75) is 20.3 Å². The number of nitrogens with zero attached hydrogens (tertiary/aromatic N) is 1. The molecule has 1 aromatic rings. The Balaban J connectivity index is 2.02. The van der Waals surface area contributed by atoms with Crippen LogP contribution in [0.1, 0.15) is 20.3 Å². The van der Waals surface area contributed by atoms with Gasteiger partial charge in [-0.3, -0.25) is 0 Å². The molecule has 0 saturated carbocycles. The molecule has 18 heavy (non-hydrogen) atoms. The number of rotatable bonds is 1. The minimum atomic E-state index is 0.694. The maximum atomic E-state index is 6.12. The van der Waals surface area contributed by atoms with Gasteiger partial charge in [-0.05, 0) is 42.6 Å². The summed E-state index contributed by atoms with van der Waals surface area (Å²) in [7, 11) is 0. The first kappa shape index (κ1) is 13.6. The standard InChI is InChI=1S/C14H19ClN2S/c1-10-7-11(2)9-17(8-10)14(18)16-13-6-4-3-5-12(13)15/h3-6,10-11H,7-9H2,1-2H3,(H,16,18)/t10-,11-/m0/s1. The van der Waals surface area contributed by atoms with Gasteiger partial charge in [0.2, 0.25) is 0 Å². The molecule has 2 atom stereocenters. The van der Waals surface area contributed by atoms with E-state index >= 15 is 0 Å². The van der Waals surface area contributed by atoms with Crippen molar-refractivity contribution in [3.63, 3.8) is 0 Å². The zero-order valence-corrected chi connectivity index (χ0v) is 12.4. The number of benzene rings is 1. The van der Waals surface area contributed by atoms with Crippen molar-refractivity contribution in [1.29, 1.82) is 0 Å². The Hall–Kier alpha value is -0.800. The first-order chi connectivity index (χ1) is 8.56. The summed E-state index contributed by atoms with van der Waals surface area (Å²) in [5.41, 5.74) is 0.884. The minimum Gasteiger partial charge on any atom is -0.348 e. The lowest BCUT2D eigenvalue weighted by Crippen LogP contribution is -2.44. The smallest absolute Gasteiger partial charge is 0.173 e. The Morgan fingerprint density at radius 2 is 1.89 bits per heavy atom. The number of anilines is 1. The molecule has 0 amide bonds. The predicted molar refractivity (Wildman–Crippen MR) is 82.2 cm³/mol. The summed E-state index contributed by atoms with van der Waals surface area (Å²) in [4.78, 5) is 2.25. The number of hydrogen-bond donors (Lipinski definition) is 1. The second-order valence-corrected chi connectivity index (χ2v) is 6.05. The molecule has 1 heterocycles. The molecular weight excluding hydrogens is 264 g/mol. The zero-order valence-electron chi connectivity index (χ0n) is 10.8. The Labute approximate surface area is 119 Å². The van der Waals surface area contributed by atoms with E-state index in [1.807, 2.05) is 24.3 Å². The largest absolute Gasteiger partial charge is 0.348 e. The molecule has 1 saturated heterocycles. The number of hydrogen-bond acceptors (Lipinski definition) is 1. The molecule has 98 valence electrons. The zero-order chi connectivity index (χ0) is 13.1. The highest BCUT2D eigenvalue weighted by molar-refractivity contribution is 7.80. The molecule has 0 aliphatic carbocycles. The van der Waals surface area contributed by atoms with Crippen molar-refractivity contribution in [2.75, 3.05) is 18.4 Å². The molecule has 1 aromatic carbocycles. The summed E-state index contributed by atoms with van der Waals surface area (Å²) < 4.78 is 0. The van der Waals surface area contributed by atoms with Crippen LogP contribution in [0, 0.1) is 11.8 Å². The lowest BCUT2D eigenvalue weighted by atomic mass is 9.92. The van der Waals surface area contributed by atoms with Crippen LogP contribution in [0.5, 0.6) is 0 Å². The first-order valence-electron chi connectivity index (χ1n) is 6.36. The Bertz CT molecular complexity index is 426. The topological polar surface area (TPSA) is 15.3 Å². The van der Waals surface area contributed by atoms with Gasteiger partial charge in [-0.1, -0.05) is 37.6 Å². The monoisotopic (exact) mass is 282 g/mol. The van der Waals surface area contributed by atoms with Crippen LogP contribution in [0.15, 0.2) is 24.3 Å². The first-order valence-corrected chi connectivity index (χ1v) is 7.15. The summed E-state index contributed by atoms with van der Waals surface area (Å²) in [5.74, 6) is 1.39. The van der Waals surface area contributed by atoms with E-state index in [0.29, 0.717) is 16.9 Å². The maximum absolute atomic E-state index is 6.12. The van der Waals surface area contributed by atoms with Crippen molar-refractivity contribution < 1.29 is 0 Å².